The Morgan fingerprint density at radius 2 is 2.36 bits per heavy atom. The summed E-state index contributed by atoms with van der Waals surface area (Å²) >= 11 is 1.97. The number of hydrogen-bond acceptors (Lipinski definition) is 3. The van der Waals surface area contributed by atoms with Crippen LogP contribution in [0.2, 0.25) is 0 Å². The van der Waals surface area contributed by atoms with Gasteiger partial charge in [0.1, 0.15) is 0 Å². The van der Waals surface area contributed by atoms with Gasteiger partial charge >= 0.3 is 5.97 Å². The number of alkyl halides is 1. The third kappa shape index (κ3) is 3.71. The maximum Gasteiger partial charge on any atom is 0.336 e. The highest BCUT2D eigenvalue weighted by atomic mass is 127. The predicted molar refractivity (Wildman–Crippen MR) is 50.7 cm³/mol. The molecule has 1 unspecified atom stereocenters. The van der Waals surface area contributed by atoms with Gasteiger partial charge in [-0.25, -0.2) is 4.79 Å². The molecule has 3 nitrogen and oxygen atoms in total. The summed E-state index contributed by atoms with van der Waals surface area (Å²) in [5, 5.41) is 9.12. The standard InChI is InChI=1S/C7H11IO3/c1-3-11-7(10)5(2)6(9)4-8/h6,9H,2-4H2,1H3. The van der Waals surface area contributed by atoms with Crippen molar-refractivity contribution < 1.29 is 14.6 Å². The first kappa shape index (κ1) is 10.9. The van der Waals surface area contributed by atoms with E-state index in [1.165, 1.54) is 0 Å². The van der Waals surface area contributed by atoms with E-state index in [-0.39, 0.29) is 5.57 Å². The number of aliphatic hydroxyl groups is 1. The Morgan fingerprint density at radius 3 is 2.73 bits per heavy atom. The molecule has 0 aromatic rings. The molecule has 64 valence electrons. The highest BCUT2D eigenvalue weighted by Gasteiger charge is 2.15. The molecule has 0 fully saturated rings. The molecule has 11 heavy (non-hydrogen) atoms. The van der Waals surface area contributed by atoms with Gasteiger partial charge in [-0.05, 0) is 6.92 Å². The van der Waals surface area contributed by atoms with Gasteiger partial charge in [-0.1, -0.05) is 29.2 Å². The van der Waals surface area contributed by atoms with E-state index in [1.54, 1.807) is 6.92 Å². The Bertz CT molecular complexity index is 156. The predicted octanol–water partition coefficient (Wildman–Crippen LogP) is 0.902. The smallest absolute Gasteiger partial charge is 0.336 e. The van der Waals surface area contributed by atoms with E-state index in [0.29, 0.717) is 11.0 Å². The first-order valence-electron chi connectivity index (χ1n) is 3.23. The Hall–Kier alpha value is -0.100. The summed E-state index contributed by atoms with van der Waals surface area (Å²) in [6.07, 6.45) is -0.783. The zero-order valence-corrected chi connectivity index (χ0v) is 8.50. The summed E-state index contributed by atoms with van der Waals surface area (Å²) in [5.74, 6) is -0.517. The number of hydrogen-bond donors (Lipinski definition) is 1. The minimum Gasteiger partial charge on any atom is -0.463 e. The van der Waals surface area contributed by atoms with Crippen LogP contribution in [-0.2, 0) is 9.53 Å². The van der Waals surface area contributed by atoms with Crippen LogP contribution < -0.4 is 0 Å². The van der Waals surface area contributed by atoms with E-state index in [0.717, 1.165) is 0 Å². The van der Waals surface area contributed by atoms with Crippen molar-refractivity contribution in [3.8, 4) is 0 Å². The molecule has 0 aliphatic heterocycles. The van der Waals surface area contributed by atoms with Crippen LogP contribution in [0.5, 0.6) is 0 Å². The lowest BCUT2D eigenvalue weighted by atomic mass is 10.2. The summed E-state index contributed by atoms with van der Waals surface area (Å²) in [6, 6.07) is 0. The maximum atomic E-state index is 10.9. The zero-order valence-electron chi connectivity index (χ0n) is 6.34. The summed E-state index contributed by atoms with van der Waals surface area (Å²) in [5.41, 5.74) is 0.126. The zero-order chi connectivity index (χ0) is 8.85. The van der Waals surface area contributed by atoms with Crippen molar-refractivity contribution in [2.45, 2.75) is 13.0 Å². The fraction of sp³-hybridized carbons (Fsp3) is 0.571. The molecule has 1 atom stereocenters. The van der Waals surface area contributed by atoms with Gasteiger partial charge in [-0.3, -0.25) is 0 Å². The first-order valence-corrected chi connectivity index (χ1v) is 4.76. The Kier molecular flexibility index (Phi) is 5.49. The van der Waals surface area contributed by atoms with Crippen molar-refractivity contribution in [2.75, 3.05) is 11.0 Å². The van der Waals surface area contributed by atoms with E-state index in [4.69, 9.17) is 5.11 Å². The molecule has 0 spiro atoms. The summed E-state index contributed by atoms with van der Waals surface area (Å²) < 4.78 is 5.08. The molecule has 0 aromatic heterocycles. The fourth-order valence-electron chi connectivity index (χ4n) is 0.453. The third-order valence-electron chi connectivity index (χ3n) is 1.09. The second kappa shape index (κ2) is 5.54. The third-order valence-corrected chi connectivity index (χ3v) is 1.92. The van der Waals surface area contributed by atoms with E-state index in [2.05, 4.69) is 11.3 Å². The Labute approximate surface area is 79.6 Å². The molecule has 0 aromatic carbocycles. The lowest BCUT2D eigenvalue weighted by Crippen LogP contribution is -2.20. The van der Waals surface area contributed by atoms with Gasteiger partial charge in [0.15, 0.2) is 0 Å². The minimum atomic E-state index is -0.783. The molecule has 1 N–H and O–H groups in total. The monoisotopic (exact) mass is 270 g/mol. The van der Waals surface area contributed by atoms with Crippen molar-refractivity contribution in [2.24, 2.45) is 0 Å². The van der Waals surface area contributed by atoms with Crippen LogP contribution in [-0.4, -0.2) is 28.2 Å². The topological polar surface area (TPSA) is 46.5 Å². The molecule has 4 heteroatoms. The quantitative estimate of drug-likeness (QED) is 0.357. The highest BCUT2D eigenvalue weighted by Crippen LogP contribution is 2.04. The number of ether oxygens (including phenoxy) is 1. The molecule has 0 radical (unpaired) electrons. The van der Waals surface area contributed by atoms with Gasteiger partial charge in [0.05, 0.1) is 18.3 Å². The first-order chi connectivity index (χ1) is 5.13. The van der Waals surface area contributed by atoms with Gasteiger partial charge in [-0.15, -0.1) is 0 Å². The van der Waals surface area contributed by atoms with Crippen LogP contribution in [0.25, 0.3) is 0 Å². The number of esters is 1. The molecular weight excluding hydrogens is 259 g/mol. The Balaban J connectivity index is 3.92. The van der Waals surface area contributed by atoms with Gasteiger partial charge < -0.3 is 9.84 Å². The summed E-state index contributed by atoms with van der Waals surface area (Å²) in [6.45, 7) is 5.44. The lowest BCUT2D eigenvalue weighted by molar-refractivity contribution is -0.139. The van der Waals surface area contributed by atoms with Crippen molar-refractivity contribution in [1.82, 2.24) is 0 Å². The molecule has 0 bridgehead atoms. The van der Waals surface area contributed by atoms with Crippen LogP contribution in [0.1, 0.15) is 6.92 Å². The van der Waals surface area contributed by atoms with E-state index < -0.39 is 12.1 Å². The van der Waals surface area contributed by atoms with Crippen molar-refractivity contribution in [1.29, 1.82) is 0 Å². The second-order valence-electron chi connectivity index (χ2n) is 1.92. The van der Waals surface area contributed by atoms with Gasteiger partial charge in [0.25, 0.3) is 0 Å². The second-order valence-corrected chi connectivity index (χ2v) is 2.80. The normalized spacial score (nSPS) is 12.3. The lowest BCUT2D eigenvalue weighted by Gasteiger charge is -2.08. The maximum absolute atomic E-state index is 10.9. The van der Waals surface area contributed by atoms with Crippen LogP contribution >= 0.6 is 22.6 Å². The van der Waals surface area contributed by atoms with E-state index in [1.807, 2.05) is 22.6 Å². The molecule has 0 rings (SSSR count). The number of rotatable bonds is 4. The highest BCUT2D eigenvalue weighted by molar-refractivity contribution is 14.1. The fourth-order valence-corrected chi connectivity index (χ4v) is 0.985. The van der Waals surface area contributed by atoms with E-state index in [9.17, 15) is 4.79 Å². The number of carbonyl (C=O) groups is 1. The largest absolute Gasteiger partial charge is 0.463 e. The van der Waals surface area contributed by atoms with Crippen molar-refractivity contribution in [3.63, 3.8) is 0 Å². The molecule has 0 aliphatic carbocycles. The number of halogens is 1. The number of carbonyl (C=O) groups excluding carboxylic acids is 1. The SMILES string of the molecule is C=C(C(=O)OCC)C(O)CI. The van der Waals surface area contributed by atoms with Gasteiger partial charge in [0, 0.05) is 4.43 Å². The average molecular weight is 270 g/mol. The molecule has 0 aliphatic rings. The summed E-state index contributed by atoms with van der Waals surface area (Å²) in [4.78, 5) is 10.9. The van der Waals surface area contributed by atoms with E-state index >= 15 is 0 Å². The molecule has 0 saturated heterocycles. The van der Waals surface area contributed by atoms with Crippen LogP contribution in [0.3, 0.4) is 0 Å². The molecule has 0 amide bonds. The Morgan fingerprint density at radius 1 is 1.82 bits per heavy atom. The van der Waals surface area contributed by atoms with Crippen molar-refractivity contribution >= 4 is 28.6 Å². The molecular formula is C7H11IO3. The average Bonchev–Trinajstić information content (AvgIpc) is 2.02. The molecule has 0 saturated carbocycles. The summed E-state index contributed by atoms with van der Waals surface area (Å²) in [7, 11) is 0. The minimum absolute atomic E-state index is 0.126. The number of aliphatic hydroxyl groups excluding tert-OH is 1. The van der Waals surface area contributed by atoms with Gasteiger partial charge in [-0.2, -0.15) is 0 Å². The molecule has 0 heterocycles. The van der Waals surface area contributed by atoms with Crippen LogP contribution in [0.15, 0.2) is 12.2 Å². The van der Waals surface area contributed by atoms with Crippen LogP contribution in [0, 0.1) is 0 Å². The van der Waals surface area contributed by atoms with Crippen LogP contribution in [0.4, 0.5) is 0 Å². The van der Waals surface area contributed by atoms with Crippen molar-refractivity contribution in [3.05, 3.63) is 12.2 Å². The van der Waals surface area contributed by atoms with Gasteiger partial charge in [0.2, 0.25) is 0 Å².